The van der Waals surface area contributed by atoms with Gasteiger partial charge in [-0.2, -0.15) is 0 Å². The van der Waals surface area contributed by atoms with Crippen molar-refractivity contribution in [1.29, 1.82) is 0 Å². The van der Waals surface area contributed by atoms with Gasteiger partial charge in [0.15, 0.2) is 0 Å². The summed E-state index contributed by atoms with van der Waals surface area (Å²) in [6.07, 6.45) is 0. The van der Waals surface area contributed by atoms with Crippen molar-refractivity contribution in [3.63, 3.8) is 0 Å². The van der Waals surface area contributed by atoms with Crippen LogP contribution in [-0.2, 0) is 6.54 Å². The molecule has 1 fully saturated rings. The number of fused-ring (bicyclic) bond motifs is 6. The van der Waals surface area contributed by atoms with Crippen molar-refractivity contribution >= 4 is 44.0 Å². The lowest BCUT2D eigenvalue weighted by atomic mass is 9.87. The number of hydrogen-bond acceptors (Lipinski definition) is 6. The summed E-state index contributed by atoms with van der Waals surface area (Å²) < 4.78 is 14.3. The number of H-pyrrole nitrogens is 1. The maximum absolute atomic E-state index is 13.1. The number of likely N-dealkylation sites (tertiary alicyclic amines) is 1. The average Bonchev–Trinajstić information content (AvgIpc) is 3.40. The molecule has 1 saturated heterocycles. The van der Waals surface area contributed by atoms with Crippen molar-refractivity contribution in [1.82, 2.24) is 14.5 Å². The van der Waals surface area contributed by atoms with Crippen LogP contribution in [0.25, 0.3) is 20.3 Å². The second kappa shape index (κ2) is 8.52. The molecular formula is C24H24ClN3O4S. The molecule has 2 aromatic heterocycles. The Kier molecular flexibility index (Phi) is 5.68. The Hall–Kier alpha value is -2.81. The van der Waals surface area contributed by atoms with Crippen molar-refractivity contribution in [3.05, 3.63) is 68.9 Å². The van der Waals surface area contributed by atoms with E-state index in [4.69, 9.17) is 9.47 Å². The van der Waals surface area contributed by atoms with Gasteiger partial charge in [-0.25, -0.2) is 4.79 Å². The number of aromatic amines is 1. The molecule has 0 radical (unpaired) electrons. The van der Waals surface area contributed by atoms with Gasteiger partial charge in [-0.1, -0.05) is 24.3 Å². The Balaban J connectivity index is 0.00000228. The van der Waals surface area contributed by atoms with E-state index in [0.29, 0.717) is 41.7 Å². The van der Waals surface area contributed by atoms with E-state index in [1.54, 1.807) is 7.11 Å². The fourth-order valence-electron chi connectivity index (χ4n) is 5.09. The van der Waals surface area contributed by atoms with Gasteiger partial charge in [0.05, 0.1) is 19.2 Å². The van der Waals surface area contributed by atoms with Crippen molar-refractivity contribution in [2.75, 3.05) is 33.4 Å². The molecule has 0 amide bonds. The summed E-state index contributed by atoms with van der Waals surface area (Å²) >= 11 is 1.44. The first-order valence-electron chi connectivity index (χ1n) is 10.8. The first-order valence-corrected chi connectivity index (χ1v) is 11.6. The molecule has 0 bridgehead atoms. The van der Waals surface area contributed by atoms with E-state index in [0.717, 1.165) is 34.7 Å². The SMILES string of the molecule is COc1ccc2c(c1)OC[C@H]1CN(CCn3c(=O)[nH]c4c(sc5ccccc54)c3=O)C[C@@H]21.Cl. The van der Waals surface area contributed by atoms with E-state index >= 15 is 0 Å². The summed E-state index contributed by atoms with van der Waals surface area (Å²) in [5.74, 6) is 2.50. The highest BCUT2D eigenvalue weighted by Crippen LogP contribution is 2.42. The number of thiophene rings is 1. The van der Waals surface area contributed by atoms with Crippen LogP contribution in [0.3, 0.4) is 0 Å². The summed E-state index contributed by atoms with van der Waals surface area (Å²) in [6, 6.07) is 13.8. The van der Waals surface area contributed by atoms with Gasteiger partial charge in [0, 0.05) is 54.2 Å². The summed E-state index contributed by atoms with van der Waals surface area (Å²) in [7, 11) is 1.66. The molecule has 6 rings (SSSR count). The normalized spacial score (nSPS) is 19.7. The number of rotatable bonds is 4. The van der Waals surface area contributed by atoms with E-state index in [9.17, 15) is 9.59 Å². The smallest absolute Gasteiger partial charge is 0.328 e. The van der Waals surface area contributed by atoms with Gasteiger partial charge in [0.25, 0.3) is 5.56 Å². The lowest BCUT2D eigenvalue weighted by Gasteiger charge is -2.28. The first kappa shape index (κ1) is 22.0. The number of halogens is 1. The van der Waals surface area contributed by atoms with Gasteiger partial charge in [0.2, 0.25) is 0 Å². The molecule has 0 aliphatic carbocycles. The minimum atomic E-state index is -0.344. The summed E-state index contributed by atoms with van der Waals surface area (Å²) in [4.78, 5) is 31.1. The summed E-state index contributed by atoms with van der Waals surface area (Å²) in [6.45, 7) is 3.49. The first-order chi connectivity index (χ1) is 15.6. The van der Waals surface area contributed by atoms with Crippen LogP contribution in [0, 0.1) is 5.92 Å². The van der Waals surface area contributed by atoms with Gasteiger partial charge < -0.3 is 19.4 Å². The van der Waals surface area contributed by atoms with Gasteiger partial charge in [-0.3, -0.25) is 9.36 Å². The summed E-state index contributed by atoms with van der Waals surface area (Å²) in [5.41, 5.74) is 1.31. The molecule has 4 heterocycles. The molecule has 4 aromatic rings. The molecule has 2 atom stereocenters. The average molecular weight is 486 g/mol. The third-order valence-electron chi connectivity index (χ3n) is 6.74. The third-order valence-corrected chi connectivity index (χ3v) is 7.90. The van der Waals surface area contributed by atoms with E-state index in [1.807, 2.05) is 36.4 Å². The molecule has 33 heavy (non-hydrogen) atoms. The van der Waals surface area contributed by atoms with Crippen molar-refractivity contribution in [2.45, 2.75) is 12.5 Å². The van der Waals surface area contributed by atoms with Crippen LogP contribution < -0.4 is 20.7 Å². The largest absolute Gasteiger partial charge is 0.497 e. The second-order valence-electron chi connectivity index (χ2n) is 8.53. The number of nitrogens with one attached hydrogen (secondary N) is 1. The molecule has 9 heteroatoms. The second-order valence-corrected chi connectivity index (χ2v) is 9.58. The fourth-order valence-corrected chi connectivity index (χ4v) is 6.20. The molecule has 7 nitrogen and oxygen atoms in total. The lowest BCUT2D eigenvalue weighted by Crippen LogP contribution is -2.38. The van der Waals surface area contributed by atoms with Crippen LogP contribution in [0.2, 0.25) is 0 Å². The highest BCUT2D eigenvalue weighted by atomic mass is 35.5. The predicted molar refractivity (Wildman–Crippen MR) is 133 cm³/mol. The lowest BCUT2D eigenvalue weighted by molar-refractivity contribution is 0.211. The van der Waals surface area contributed by atoms with E-state index in [-0.39, 0.29) is 23.7 Å². The monoisotopic (exact) mass is 485 g/mol. The highest BCUT2D eigenvalue weighted by Gasteiger charge is 2.38. The van der Waals surface area contributed by atoms with Crippen LogP contribution in [0.5, 0.6) is 11.5 Å². The van der Waals surface area contributed by atoms with Crippen LogP contribution in [0.4, 0.5) is 0 Å². The van der Waals surface area contributed by atoms with Crippen molar-refractivity contribution in [2.24, 2.45) is 5.92 Å². The Bertz CT molecular complexity index is 1460. The molecule has 0 unspecified atom stereocenters. The van der Waals surface area contributed by atoms with E-state index < -0.39 is 0 Å². The van der Waals surface area contributed by atoms with Crippen LogP contribution in [0.15, 0.2) is 52.1 Å². The zero-order valence-electron chi connectivity index (χ0n) is 18.1. The van der Waals surface area contributed by atoms with Crippen molar-refractivity contribution < 1.29 is 9.47 Å². The Morgan fingerprint density at radius 2 is 2.00 bits per heavy atom. The quantitative estimate of drug-likeness (QED) is 0.479. The molecule has 2 aromatic carbocycles. The maximum Gasteiger partial charge on any atom is 0.328 e. The van der Waals surface area contributed by atoms with Gasteiger partial charge >= 0.3 is 5.69 Å². The molecular weight excluding hydrogens is 462 g/mol. The third kappa shape index (κ3) is 3.62. The van der Waals surface area contributed by atoms with E-state index in [2.05, 4.69) is 16.0 Å². The maximum atomic E-state index is 13.1. The minimum Gasteiger partial charge on any atom is -0.497 e. The molecule has 172 valence electrons. The Morgan fingerprint density at radius 1 is 1.15 bits per heavy atom. The van der Waals surface area contributed by atoms with Crippen LogP contribution >= 0.6 is 23.7 Å². The fraction of sp³-hybridized carbons (Fsp3) is 0.333. The molecule has 0 saturated carbocycles. The van der Waals surface area contributed by atoms with Gasteiger partial charge in [0.1, 0.15) is 16.2 Å². The number of benzene rings is 2. The molecule has 0 spiro atoms. The van der Waals surface area contributed by atoms with Crippen LogP contribution in [-0.4, -0.2) is 47.8 Å². The zero-order chi connectivity index (χ0) is 21.8. The highest BCUT2D eigenvalue weighted by molar-refractivity contribution is 7.25. The number of methoxy groups -OCH3 is 1. The van der Waals surface area contributed by atoms with Gasteiger partial charge in [-0.05, 0) is 17.7 Å². The van der Waals surface area contributed by atoms with Crippen molar-refractivity contribution in [3.8, 4) is 11.5 Å². The van der Waals surface area contributed by atoms with Gasteiger partial charge in [-0.15, -0.1) is 23.7 Å². The van der Waals surface area contributed by atoms with E-state index in [1.165, 1.54) is 21.5 Å². The number of hydrogen-bond donors (Lipinski definition) is 1. The standard InChI is InChI=1S/C24H23N3O4S.ClH/c1-30-15-6-7-16-18-12-26(11-14(18)13-31-19(16)10-15)8-9-27-23(28)22-21(25-24(27)29)17-4-2-3-5-20(17)32-22;/h2-7,10,14,18H,8-9,11-13H2,1H3,(H,25,29);1H/t14-,18-;/m1./s1. The minimum absolute atomic E-state index is 0. The molecule has 2 aliphatic heterocycles. The Labute approximate surface area is 200 Å². The number of aromatic nitrogens is 2. The molecule has 2 aliphatic rings. The Morgan fingerprint density at radius 3 is 2.85 bits per heavy atom. The topological polar surface area (TPSA) is 76.6 Å². The summed E-state index contributed by atoms with van der Waals surface area (Å²) in [5, 5.41) is 0.924. The predicted octanol–water partition coefficient (Wildman–Crippen LogP) is 3.44. The number of ether oxygens (including phenoxy) is 2. The zero-order valence-corrected chi connectivity index (χ0v) is 19.7. The molecule has 1 N–H and O–H groups in total. The number of nitrogens with zero attached hydrogens (tertiary/aromatic N) is 2. The van der Waals surface area contributed by atoms with Crippen LogP contribution in [0.1, 0.15) is 11.5 Å².